The van der Waals surface area contributed by atoms with Gasteiger partial charge >= 0.3 is 11.9 Å². The van der Waals surface area contributed by atoms with Gasteiger partial charge in [-0.25, -0.2) is 4.79 Å². The van der Waals surface area contributed by atoms with Crippen LogP contribution in [0.4, 0.5) is 0 Å². The van der Waals surface area contributed by atoms with Gasteiger partial charge in [-0.3, -0.25) is 9.59 Å². The molecule has 1 aliphatic carbocycles. The van der Waals surface area contributed by atoms with Gasteiger partial charge in [-0.15, -0.1) is 0 Å². The van der Waals surface area contributed by atoms with Crippen LogP contribution in [0.5, 0.6) is 0 Å². The second kappa shape index (κ2) is 9.35. The molecule has 0 aromatic heterocycles. The largest absolute Gasteiger partial charge is 0.480 e. The highest BCUT2D eigenvalue weighted by Crippen LogP contribution is 2.41. The Balaban J connectivity index is 2.28. The maximum absolute atomic E-state index is 13.3. The topological polar surface area (TPSA) is 110 Å². The summed E-state index contributed by atoms with van der Waals surface area (Å²) < 4.78 is 5.15. The van der Waals surface area contributed by atoms with E-state index in [2.05, 4.69) is 0 Å². The molecule has 7 heteroatoms. The predicted octanol–water partition coefficient (Wildman–Crippen LogP) is 1.78. The van der Waals surface area contributed by atoms with Gasteiger partial charge in [-0.1, -0.05) is 26.2 Å². The highest BCUT2D eigenvalue weighted by molar-refractivity contribution is 5.89. The molecule has 5 atom stereocenters. The van der Waals surface area contributed by atoms with Gasteiger partial charge in [0.25, 0.3) is 0 Å². The molecule has 2 rings (SSSR count). The number of hydrogen-bond donors (Lipinski definition) is 2. The average Bonchev–Trinajstić information content (AvgIpc) is 3.01. The predicted molar refractivity (Wildman–Crippen MR) is 96.2 cm³/mol. The van der Waals surface area contributed by atoms with Gasteiger partial charge in [-0.05, 0) is 38.5 Å². The minimum Gasteiger partial charge on any atom is -0.480 e. The van der Waals surface area contributed by atoms with Crippen LogP contribution in [0.15, 0.2) is 0 Å². The van der Waals surface area contributed by atoms with Crippen LogP contribution in [0.2, 0.25) is 0 Å². The normalized spacial score (nSPS) is 27.5. The Morgan fingerprint density at radius 3 is 2.46 bits per heavy atom. The number of esters is 1. The maximum Gasteiger partial charge on any atom is 0.326 e. The summed E-state index contributed by atoms with van der Waals surface area (Å²) in [5.41, 5.74) is 5.89. The molecule has 7 nitrogen and oxygen atoms in total. The summed E-state index contributed by atoms with van der Waals surface area (Å²) >= 11 is 0. The summed E-state index contributed by atoms with van der Waals surface area (Å²) in [6.45, 7) is 3.93. The SMILES string of the molecule is CCC[C@@H](C(=O)OCC)[C@@H](CN)C(=O)N1[C@@H](C(=O)O)C[C@H]2CCCC[C@H]21. The van der Waals surface area contributed by atoms with E-state index in [0.717, 1.165) is 32.1 Å². The minimum absolute atomic E-state index is 0.0164. The van der Waals surface area contributed by atoms with Gasteiger partial charge in [0, 0.05) is 12.6 Å². The Morgan fingerprint density at radius 1 is 1.19 bits per heavy atom. The van der Waals surface area contributed by atoms with Crippen molar-refractivity contribution in [3.8, 4) is 0 Å². The van der Waals surface area contributed by atoms with E-state index in [1.54, 1.807) is 11.8 Å². The van der Waals surface area contributed by atoms with E-state index in [9.17, 15) is 19.5 Å². The number of ether oxygens (including phenoxy) is 1. The van der Waals surface area contributed by atoms with Crippen molar-refractivity contribution >= 4 is 17.8 Å². The summed E-state index contributed by atoms with van der Waals surface area (Å²) in [7, 11) is 0. The van der Waals surface area contributed by atoms with E-state index in [1.807, 2.05) is 6.92 Å². The van der Waals surface area contributed by atoms with Crippen molar-refractivity contribution in [3.05, 3.63) is 0 Å². The smallest absolute Gasteiger partial charge is 0.326 e. The van der Waals surface area contributed by atoms with Crippen LogP contribution < -0.4 is 5.73 Å². The van der Waals surface area contributed by atoms with Gasteiger partial charge < -0.3 is 20.5 Å². The van der Waals surface area contributed by atoms with E-state index in [-0.39, 0.29) is 31.0 Å². The number of carboxylic acid groups (broad SMARTS) is 1. The highest BCUT2D eigenvalue weighted by atomic mass is 16.5. The van der Waals surface area contributed by atoms with Crippen molar-refractivity contribution in [2.24, 2.45) is 23.5 Å². The number of amides is 1. The molecular formula is C19H32N2O5. The molecule has 148 valence electrons. The number of hydrogen-bond acceptors (Lipinski definition) is 5. The quantitative estimate of drug-likeness (QED) is 0.632. The molecule has 0 radical (unpaired) electrons. The van der Waals surface area contributed by atoms with Crippen molar-refractivity contribution in [2.45, 2.75) is 70.9 Å². The molecule has 26 heavy (non-hydrogen) atoms. The van der Waals surface area contributed by atoms with E-state index in [4.69, 9.17) is 10.5 Å². The van der Waals surface area contributed by atoms with Crippen LogP contribution in [-0.2, 0) is 19.1 Å². The third-order valence-electron chi connectivity index (χ3n) is 5.87. The molecule has 1 amide bonds. The lowest BCUT2D eigenvalue weighted by Gasteiger charge is -2.36. The fourth-order valence-electron chi connectivity index (χ4n) is 4.67. The van der Waals surface area contributed by atoms with Gasteiger partial charge in [0.2, 0.25) is 5.91 Å². The zero-order valence-electron chi connectivity index (χ0n) is 15.9. The van der Waals surface area contributed by atoms with Crippen LogP contribution in [-0.4, -0.2) is 53.1 Å². The standard InChI is InChI=1S/C19H32N2O5/c1-3-7-13(19(25)26-4-2)14(11-20)17(22)21-15-9-6-5-8-12(15)10-16(21)18(23)24/h12-16H,3-11,20H2,1-2H3,(H,23,24)/t12-,13-,14-,15-,16-/m1/s1. The zero-order valence-corrected chi connectivity index (χ0v) is 15.9. The summed E-state index contributed by atoms with van der Waals surface area (Å²) in [5, 5.41) is 9.65. The van der Waals surface area contributed by atoms with Gasteiger partial charge in [-0.2, -0.15) is 0 Å². The summed E-state index contributed by atoms with van der Waals surface area (Å²) in [5.74, 6) is -2.78. The fourth-order valence-corrected chi connectivity index (χ4v) is 4.67. The second-order valence-corrected chi connectivity index (χ2v) is 7.44. The number of rotatable bonds is 8. The van der Waals surface area contributed by atoms with Crippen LogP contribution in [0, 0.1) is 17.8 Å². The summed E-state index contributed by atoms with van der Waals surface area (Å²) in [6.07, 6.45) is 5.60. The molecule has 2 fully saturated rings. The van der Waals surface area contributed by atoms with Crippen molar-refractivity contribution in [1.29, 1.82) is 0 Å². The molecule has 1 saturated carbocycles. The number of fused-ring (bicyclic) bond motifs is 1. The molecule has 0 spiro atoms. The molecule has 2 aliphatic rings. The molecular weight excluding hydrogens is 336 g/mol. The Bertz CT molecular complexity index is 524. The second-order valence-electron chi connectivity index (χ2n) is 7.44. The lowest BCUT2D eigenvalue weighted by Crippen LogP contribution is -2.52. The molecule has 0 bridgehead atoms. The third kappa shape index (κ3) is 4.19. The first-order chi connectivity index (χ1) is 12.5. The first-order valence-corrected chi connectivity index (χ1v) is 9.87. The number of aliphatic carboxylic acids is 1. The van der Waals surface area contributed by atoms with E-state index < -0.39 is 29.8 Å². The Labute approximate surface area is 155 Å². The van der Waals surface area contributed by atoms with Crippen LogP contribution >= 0.6 is 0 Å². The number of carbonyl (C=O) groups is 3. The Morgan fingerprint density at radius 2 is 1.88 bits per heavy atom. The number of likely N-dealkylation sites (tertiary alicyclic amines) is 1. The minimum atomic E-state index is -0.966. The third-order valence-corrected chi connectivity index (χ3v) is 5.87. The summed E-state index contributed by atoms with van der Waals surface area (Å²) in [6, 6.07) is -0.856. The molecule has 1 heterocycles. The van der Waals surface area contributed by atoms with E-state index in [1.165, 1.54) is 0 Å². The van der Waals surface area contributed by atoms with Crippen molar-refractivity contribution < 1.29 is 24.2 Å². The van der Waals surface area contributed by atoms with Gasteiger partial charge in [0.05, 0.1) is 18.4 Å². The monoisotopic (exact) mass is 368 g/mol. The van der Waals surface area contributed by atoms with E-state index >= 15 is 0 Å². The van der Waals surface area contributed by atoms with Crippen molar-refractivity contribution in [1.82, 2.24) is 4.90 Å². The summed E-state index contributed by atoms with van der Waals surface area (Å²) in [4.78, 5) is 39.1. The van der Waals surface area contributed by atoms with Crippen molar-refractivity contribution in [3.63, 3.8) is 0 Å². The lowest BCUT2D eigenvalue weighted by molar-refractivity contribution is -0.158. The lowest BCUT2D eigenvalue weighted by atomic mass is 9.83. The van der Waals surface area contributed by atoms with Gasteiger partial charge in [0.15, 0.2) is 0 Å². The first kappa shape index (κ1) is 20.7. The van der Waals surface area contributed by atoms with Crippen LogP contribution in [0.1, 0.15) is 58.8 Å². The first-order valence-electron chi connectivity index (χ1n) is 9.87. The zero-order chi connectivity index (χ0) is 19.3. The highest BCUT2D eigenvalue weighted by Gasteiger charge is 2.50. The van der Waals surface area contributed by atoms with Crippen LogP contribution in [0.3, 0.4) is 0 Å². The molecule has 1 aliphatic heterocycles. The maximum atomic E-state index is 13.3. The van der Waals surface area contributed by atoms with Crippen LogP contribution in [0.25, 0.3) is 0 Å². The molecule has 1 saturated heterocycles. The van der Waals surface area contributed by atoms with E-state index in [0.29, 0.717) is 12.8 Å². The number of carboxylic acids is 1. The Kier molecular flexibility index (Phi) is 7.43. The Hall–Kier alpha value is -1.63. The molecule has 3 N–H and O–H groups in total. The molecule has 0 aromatic carbocycles. The molecule has 0 aromatic rings. The number of carbonyl (C=O) groups excluding carboxylic acids is 2. The molecule has 0 unspecified atom stereocenters. The van der Waals surface area contributed by atoms with Crippen molar-refractivity contribution in [2.75, 3.05) is 13.2 Å². The van der Waals surface area contributed by atoms with Gasteiger partial charge in [0.1, 0.15) is 6.04 Å². The average molecular weight is 368 g/mol. The number of nitrogens with zero attached hydrogens (tertiary/aromatic N) is 1. The fraction of sp³-hybridized carbons (Fsp3) is 0.842. The number of nitrogens with two attached hydrogens (primary N) is 1.